The number of aliphatic hydroxyl groups excluding tert-OH is 1. The first-order valence-corrected chi connectivity index (χ1v) is 15.5. The van der Waals surface area contributed by atoms with Gasteiger partial charge in [-0.25, -0.2) is 8.42 Å². The molecular formula is C30H44N4O7S. The van der Waals surface area contributed by atoms with Crippen LogP contribution in [0.1, 0.15) is 40.2 Å². The van der Waals surface area contributed by atoms with E-state index in [9.17, 15) is 23.1 Å². The predicted molar refractivity (Wildman–Crippen MR) is 160 cm³/mol. The van der Waals surface area contributed by atoms with Crippen LogP contribution in [0.2, 0.25) is 0 Å². The molecule has 2 aromatic carbocycles. The standard InChI is InChI=1S/C30H44N4O7S/c1-20(2)17-34(42(38,39)22-12-13-25-26(15-22)41-19-40-25)18-24(35)23(14-21-10-8-7-9-11-21)32-29(37)28(30(3,4)5)33-27(36)16-31-6/h7-13,15,20,23-24,28,31,35H,14,16-19H2,1-6H3,(H,32,37)(H,33,36)/t23-,24+,28+/m0/s1/i27+2. The van der Waals surface area contributed by atoms with E-state index in [-0.39, 0.29) is 49.6 Å². The maximum Gasteiger partial charge on any atom is 0.243 e. The number of aliphatic hydroxyl groups is 1. The second kappa shape index (κ2) is 14.3. The van der Waals surface area contributed by atoms with Gasteiger partial charge in [0.15, 0.2) is 11.5 Å². The van der Waals surface area contributed by atoms with Crippen molar-refractivity contribution in [3.05, 3.63) is 54.1 Å². The van der Waals surface area contributed by atoms with E-state index < -0.39 is 39.5 Å². The van der Waals surface area contributed by atoms with Gasteiger partial charge in [0.2, 0.25) is 28.6 Å². The Hall–Kier alpha value is -3.19. The molecule has 3 rings (SSSR count). The number of rotatable bonds is 14. The lowest BCUT2D eigenvalue weighted by molar-refractivity contribution is -0.132. The fourth-order valence-corrected chi connectivity index (χ4v) is 6.30. The molecule has 12 heteroatoms. The van der Waals surface area contributed by atoms with E-state index in [0.29, 0.717) is 11.5 Å². The highest BCUT2D eigenvalue weighted by Crippen LogP contribution is 2.35. The quantitative estimate of drug-likeness (QED) is 0.255. The second-order valence-corrected chi connectivity index (χ2v) is 13.9. The first-order chi connectivity index (χ1) is 19.7. The summed E-state index contributed by atoms with van der Waals surface area (Å²) in [7, 11) is -2.41. The molecule has 0 radical (unpaired) electrons. The lowest BCUT2D eigenvalue weighted by Crippen LogP contribution is -2.59. The molecule has 42 heavy (non-hydrogen) atoms. The van der Waals surface area contributed by atoms with Gasteiger partial charge < -0.3 is 30.5 Å². The summed E-state index contributed by atoms with van der Waals surface area (Å²) in [6.45, 7) is 9.21. The van der Waals surface area contributed by atoms with Crippen molar-refractivity contribution in [3.8, 4) is 11.5 Å². The minimum Gasteiger partial charge on any atom is -0.454 e. The van der Waals surface area contributed by atoms with Gasteiger partial charge in [-0.2, -0.15) is 4.31 Å². The highest BCUT2D eigenvalue weighted by Gasteiger charge is 2.37. The van der Waals surface area contributed by atoms with Crippen LogP contribution in [-0.2, 0) is 26.0 Å². The topological polar surface area (TPSA) is 146 Å². The third kappa shape index (κ3) is 8.90. The lowest BCUT2D eigenvalue weighted by atomic mass is 9.86. The number of ether oxygens (including phenoxy) is 2. The van der Waals surface area contributed by atoms with Crippen LogP contribution >= 0.6 is 0 Å². The van der Waals surface area contributed by atoms with E-state index in [2.05, 4.69) is 16.0 Å². The van der Waals surface area contributed by atoms with Crippen LogP contribution < -0.4 is 25.4 Å². The Morgan fingerprint density at radius 2 is 1.74 bits per heavy atom. The summed E-state index contributed by atoms with van der Waals surface area (Å²) in [5.41, 5.74) is 0.213. The molecule has 2 aromatic rings. The van der Waals surface area contributed by atoms with Crippen molar-refractivity contribution in [2.75, 3.05) is 33.5 Å². The summed E-state index contributed by atoms with van der Waals surface area (Å²) in [6, 6.07) is 12.0. The molecule has 2 amide bonds. The van der Waals surface area contributed by atoms with Gasteiger partial charge in [-0.3, -0.25) is 9.59 Å². The molecule has 0 saturated heterocycles. The summed E-state index contributed by atoms with van der Waals surface area (Å²) < 4.78 is 39.6. The third-order valence-electron chi connectivity index (χ3n) is 6.80. The van der Waals surface area contributed by atoms with Gasteiger partial charge in [-0.15, -0.1) is 0 Å². The molecule has 4 N–H and O–H groups in total. The summed E-state index contributed by atoms with van der Waals surface area (Å²) in [5, 5.41) is 20.0. The van der Waals surface area contributed by atoms with Crippen LogP contribution in [0.4, 0.5) is 0 Å². The Morgan fingerprint density at radius 1 is 1.07 bits per heavy atom. The monoisotopic (exact) mass is 606 g/mol. The number of fused-ring (bicyclic) bond motifs is 1. The molecule has 232 valence electrons. The van der Waals surface area contributed by atoms with Gasteiger partial charge in [0, 0.05) is 19.2 Å². The van der Waals surface area contributed by atoms with E-state index in [0.717, 1.165) is 5.56 Å². The van der Waals surface area contributed by atoms with Crippen LogP contribution in [-0.4, -0.2) is 81.3 Å². The van der Waals surface area contributed by atoms with Crippen LogP contribution in [0.25, 0.3) is 0 Å². The van der Waals surface area contributed by atoms with Crippen molar-refractivity contribution < 1.29 is 32.6 Å². The van der Waals surface area contributed by atoms with Crippen molar-refractivity contribution >= 4 is 21.8 Å². The largest absolute Gasteiger partial charge is 0.454 e. The fraction of sp³-hybridized carbons (Fsp3) is 0.533. The Bertz CT molecular complexity index is 1310. The predicted octanol–water partition coefficient (Wildman–Crippen LogP) is 1.90. The van der Waals surface area contributed by atoms with Gasteiger partial charge in [0.25, 0.3) is 0 Å². The zero-order valence-corrected chi connectivity index (χ0v) is 26.0. The molecule has 3 atom stereocenters. The summed E-state index contributed by atoms with van der Waals surface area (Å²) in [6.07, 6.45) is -1.03. The Balaban J connectivity index is 1.90. The zero-order valence-electron chi connectivity index (χ0n) is 25.2. The van der Waals surface area contributed by atoms with Crippen LogP contribution in [0.5, 0.6) is 11.5 Å². The first kappa shape index (κ1) is 33.3. The SMILES string of the molecule is CNC[14C](=O)N[C@H](C(=O)N[C@@H](Cc1ccccc1)[C@H](O)CN(CC(C)C)S(=O)(=O)c1ccc2c(c1)OCO2)C(C)(C)C. The maximum atomic E-state index is 13.8. The van der Waals surface area contributed by atoms with Gasteiger partial charge in [-0.1, -0.05) is 65.0 Å². The second-order valence-electron chi connectivity index (χ2n) is 12.0. The molecule has 0 bridgehead atoms. The normalized spacial score (nSPS) is 15.4. The van der Waals surface area contributed by atoms with Crippen LogP contribution in [0.3, 0.4) is 0 Å². The highest BCUT2D eigenvalue weighted by atomic mass is 32.2. The average Bonchev–Trinajstić information content (AvgIpc) is 3.39. The van der Waals surface area contributed by atoms with E-state index >= 15 is 0 Å². The van der Waals surface area contributed by atoms with Crippen molar-refractivity contribution in [1.29, 1.82) is 0 Å². The number of carbonyl (C=O) groups excluding carboxylic acids is 2. The van der Waals surface area contributed by atoms with Gasteiger partial charge >= 0.3 is 0 Å². The summed E-state index contributed by atoms with van der Waals surface area (Å²) >= 11 is 0. The van der Waals surface area contributed by atoms with E-state index in [1.807, 2.05) is 65.0 Å². The molecule has 1 heterocycles. The van der Waals surface area contributed by atoms with Gasteiger partial charge in [0.1, 0.15) is 6.04 Å². The molecule has 0 aliphatic carbocycles. The smallest absolute Gasteiger partial charge is 0.243 e. The average molecular weight is 607 g/mol. The Labute approximate surface area is 249 Å². The number of sulfonamides is 1. The van der Waals surface area contributed by atoms with E-state index in [1.54, 1.807) is 13.1 Å². The number of nitrogens with one attached hydrogen (secondary N) is 3. The minimum absolute atomic E-state index is 0.0130. The molecule has 0 aromatic heterocycles. The molecular weight excluding hydrogens is 562 g/mol. The van der Waals surface area contributed by atoms with Crippen molar-refractivity contribution in [2.24, 2.45) is 11.3 Å². The van der Waals surface area contributed by atoms with E-state index in [4.69, 9.17) is 9.47 Å². The number of likely N-dealkylation sites (N-methyl/N-ethyl adjacent to an activating group) is 1. The van der Waals surface area contributed by atoms with Crippen molar-refractivity contribution in [1.82, 2.24) is 20.3 Å². The number of benzene rings is 2. The first-order valence-electron chi connectivity index (χ1n) is 14.1. The number of hydrogen-bond acceptors (Lipinski definition) is 8. The number of amides is 2. The van der Waals surface area contributed by atoms with Crippen molar-refractivity contribution in [2.45, 2.75) is 64.1 Å². The molecule has 11 nitrogen and oxygen atoms in total. The fourth-order valence-electron chi connectivity index (χ4n) is 4.67. The summed E-state index contributed by atoms with van der Waals surface area (Å²) in [4.78, 5) is 26.0. The number of nitrogens with zero attached hydrogens (tertiary/aromatic N) is 1. The molecule has 0 fully saturated rings. The van der Waals surface area contributed by atoms with Crippen LogP contribution in [0.15, 0.2) is 53.4 Å². The maximum absolute atomic E-state index is 13.8. The van der Waals surface area contributed by atoms with Crippen molar-refractivity contribution in [3.63, 3.8) is 0 Å². The third-order valence-corrected chi connectivity index (χ3v) is 8.63. The van der Waals surface area contributed by atoms with E-state index in [1.165, 1.54) is 16.4 Å². The Morgan fingerprint density at radius 3 is 2.36 bits per heavy atom. The molecule has 1 aliphatic heterocycles. The molecule has 1 aliphatic rings. The lowest BCUT2D eigenvalue weighted by Gasteiger charge is -2.34. The molecule has 0 unspecified atom stereocenters. The molecule has 0 saturated carbocycles. The summed E-state index contributed by atoms with van der Waals surface area (Å²) in [5.74, 6) is -0.0587. The van der Waals surface area contributed by atoms with Gasteiger partial charge in [0.05, 0.1) is 23.6 Å². The zero-order chi connectivity index (χ0) is 31.1. The minimum atomic E-state index is -4.05. The van der Waals surface area contributed by atoms with Gasteiger partial charge in [-0.05, 0) is 42.5 Å². The van der Waals surface area contributed by atoms with Crippen LogP contribution in [0, 0.1) is 11.3 Å². The highest BCUT2D eigenvalue weighted by molar-refractivity contribution is 7.89. The Kier molecular flexibility index (Phi) is 11.4. The molecule has 0 spiro atoms. The number of carbonyl (C=O) groups is 2. The number of hydrogen-bond donors (Lipinski definition) is 4.